The first kappa shape index (κ1) is 21.6. The molecule has 4 heteroatoms. The largest absolute Gasteiger partial charge is 0.350 e. The van der Waals surface area contributed by atoms with Gasteiger partial charge in [0.25, 0.3) is 11.8 Å². The van der Waals surface area contributed by atoms with Gasteiger partial charge in [0.1, 0.15) is 5.70 Å². The standard InChI is InChI=1S/C28H28N2O2/c1-18-9-11-20(12-10-18)24-25(29-22-8-6-7-19(2)17-22)27(32)30(26(24)31)23-15-13-21(14-16-23)28(3,4)5/h6-17,29H,1-5H3. The van der Waals surface area contributed by atoms with E-state index in [4.69, 9.17) is 0 Å². The van der Waals surface area contributed by atoms with Crippen LogP contribution >= 0.6 is 0 Å². The highest BCUT2D eigenvalue weighted by atomic mass is 16.2. The van der Waals surface area contributed by atoms with Crippen LogP contribution in [-0.2, 0) is 15.0 Å². The Hall–Kier alpha value is -3.66. The van der Waals surface area contributed by atoms with Crippen LogP contribution in [0.15, 0.2) is 78.5 Å². The zero-order valence-corrected chi connectivity index (χ0v) is 19.2. The number of benzene rings is 3. The van der Waals surface area contributed by atoms with Crippen molar-refractivity contribution in [3.05, 3.63) is 101 Å². The molecule has 162 valence electrons. The number of amides is 2. The van der Waals surface area contributed by atoms with E-state index in [0.717, 1.165) is 27.9 Å². The van der Waals surface area contributed by atoms with Gasteiger partial charge in [0, 0.05) is 5.69 Å². The molecule has 0 saturated carbocycles. The highest BCUT2D eigenvalue weighted by Crippen LogP contribution is 2.35. The van der Waals surface area contributed by atoms with Crippen molar-refractivity contribution in [2.45, 2.75) is 40.0 Å². The molecule has 2 amide bonds. The number of hydrogen-bond donors (Lipinski definition) is 1. The maximum atomic E-state index is 13.6. The van der Waals surface area contributed by atoms with Crippen molar-refractivity contribution in [2.75, 3.05) is 10.2 Å². The molecule has 1 aliphatic rings. The van der Waals surface area contributed by atoms with E-state index in [1.165, 1.54) is 4.90 Å². The van der Waals surface area contributed by atoms with Crippen LogP contribution in [0.5, 0.6) is 0 Å². The minimum atomic E-state index is -0.351. The molecule has 0 aliphatic carbocycles. The average Bonchev–Trinajstić information content (AvgIpc) is 2.98. The normalized spacial score (nSPS) is 14.3. The number of rotatable bonds is 4. The molecule has 0 aromatic heterocycles. The minimum Gasteiger partial charge on any atom is -0.350 e. The summed E-state index contributed by atoms with van der Waals surface area (Å²) in [4.78, 5) is 28.3. The molecular weight excluding hydrogens is 396 g/mol. The molecule has 0 unspecified atom stereocenters. The zero-order valence-electron chi connectivity index (χ0n) is 19.2. The van der Waals surface area contributed by atoms with Crippen molar-refractivity contribution in [3.63, 3.8) is 0 Å². The van der Waals surface area contributed by atoms with Crippen molar-refractivity contribution >= 4 is 28.8 Å². The number of nitrogens with zero attached hydrogens (tertiary/aromatic N) is 1. The van der Waals surface area contributed by atoms with Gasteiger partial charge in [-0.05, 0) is 60.2 Å². The number of carbonyl (C=O) groups is 2. The maximum absolute atomic E-state index is 13.6. The average molecular weight is 425 g/mol. The number of carbonyl (C=O) groups excluding carboxylic acids is 2. The minimum absolute atomic E-state index is 0.0131. The SMILES string of the molecule is Cc1ccc(C2=C(Nc3cccc(C)c3)C(=O)N(c3ccc(C(C)(C)C)cc3)C2=O)cc1. The highest BCUT2D eigenvalue weighted by molar-refractivity contribution is 6.46. The predicted molar refractivity (Wildman–Crippen MR) is 131 cm³/mol. The smallest absolute Gasteiger partial charge is 0.282 e. The molecule has 0 fully saturated rings. The molecule has 0 saturated heterocycles. The maximum Gasteiger partial charge on any atom is 0.282 e. The number of imide groups is 1. The van der Waals surface area contributed by atoms with E-state index in [1.807, 2.05) is 86.6 Å². The molecule has 3 aromatic carbocycles. The Balaban J connectivity index is 1.78. The first-order chi connectivity index (χ1) is 15.1. The van der Waals surface area contributed by atoms with E-state index in [0.29, 0.717) is 17.0 Å². The number of nitrogens with one attached hydrogen (secondary N) is 1. The van der Waals surface area contributed by atoms with E-state index >= 15 is 0 Å². The lowest BCUT2D eigenvalue weighted by Crippen LogP contribution is -2.32. The van der Waals surface area contributed by atoms with Crippen molar-refractivity contribution in [3.8, 4) is 0 Å². The summed E-state index contributed by atoms with van der Waals surface area (Å²) in [6.45, 7) is 10.4. The van der Waals surface area contributed by atoms with Crippen molar-refractivity contribution in [1.82, 2.24) is 0 Å². The van der Waals surface area contributed by atoms with E-state index in [-0.39, 0.29) is 17.2 Å². The third-order valence-electron chi connectivity index (χ3n) is 5.70. The number of aryl methyl sites for hydroxylation is 2. The van der Waals surface area contributed by atoms with Crippen molar-refractivity contribution < 1.29 is 9.59 Å². The summed E-state index contributed by atoms with van der Waals surface area (Å²) in [5.74, 6) is -0.673. The monoisotopic (exact) mass is 424 g/mol. The lowest BCUT2D eigenvalue weighted by molar-refractivity contribution is -0.120. The Morgan fingerprint density at radius 3 is 2.00 bits per heavy atom. The molecule has 3 aromatic rings. The molecule has 1 N–H and O–H groups in total. The molecule has 0 bridgehead atoms. The molecule has 1 heterocycles. The van der Waals surface area contributed by atoms with Gasteiger partial charge in [-0.2, -0.15) is 0 Å². The van der Waals surface area contributed by atoms with Crippen LogP contribution in [0.2, 0.25) is 0 Å². The molecule has 0 atom stereocenters. The summed E-state index contributed by atoms with van der Waals surface area (Å²) in [7, 11) is 0. The Morgan fingerprint density at radius 2 is 1.41 bits per heavy atom. The fraction of sp³-hybridized carbons (Fsp3) is 0.214. The van der Waals surface area contributed by atoms with Gasteiger partial charge in [-0.1, -0.05) is 74.9 Å². The summed E-state index contributed by atoms with van der Waals surface area (Å²) >= 11 is 0. The van der Waals surface area contributed by atoms with Gasteiger partial charge in [0.2, 0.25) is 0 Å². The van der Waals surface area contributed by atoms with Crippen LogP contribution in [0, 0.1) is 13.8 Å². The highest BCUT2D eigenvalue weighted by Gasteiger charge is 2.40. The number of anilines is 2. The molecule has 1 aliphatic heterocycles. The third-order valence-corrected chi connectivity index (χ3v) is 5.70. The van der Waals surface area contributed by atoms with Gasteiger partial charge in [0.15, 0.2) is 0 Å². The fourth-order valence-electron chi connectivity index (χ4n) is 3.85. The third kappa shape index (κ3) is 4.09. The molecule has 4 rings (SSSR count). The van der Waals surface area contributed by atoms with Crippen LogP contribution in [0.1, 0.15) is 43.0 Å². The molecule has 0 spiro atoms. The predicted octanol–water partition coefficient (Wildman–Crippen LogP) is 6.00. The number of hydrogen-bond acceptors (Lipinski definition) is 3. The van der Waals surface area contributed by atoms with E-state index in [9.17, 15) is 9.59 Å². The first-order valence-electron chi connectivity index (χ1n) is 10.8. The lowest BCUT2D eigenvalue weighted by atomic mass is 9.87. The quantitative estimate of drug-likeness (QED) is 0.523. The van der Waals surface area contributed by atoms with E-state index < -0.39 is 0 Å². The second kappa shape index (κ2) is 8.12. The summed E-state index contributed by atoms with van der Waals surface area (Å²) in [6, 6.07) is 23.1. The summed E-state index contributed by atoms with van der Waals surface area (Å²) in [5, 5.41) is 3.23. The summed E-state index contributed by atoms with van der Waals surface area (Å²) in [5.41, 5.74) is 6.03. The fourth-order valence-corrected chi connectivity index (χ4v) is 3.85. The van der Waals surface area contributed by atoms with Gasteiger partial charge in [-0.15, -0.1) is 0 Å². The second-order valence-electron chi connectivity index (χ2n) is 9.35. The van der Waals surface area contributed by atoms with Gasteiger partial charge < -0.3 is 5.32 Å². The van der Waals surface area contributed by atoms with Crippen LogP contribution in [0.3, 0.4) is 0 Å². The first-order valence-corrected chi connectivity index (χ1v) is 10.8. The lowest BCUT2D eigenvalue weighted by Gasteiger charge is -2.21. The summed E-state index contributed by atoms with van der Waals surface area (Å²) in [6.07, 6.45) is 0. The topological polar surface area (TPSA) is 49.4 Å². The molecule has 4 nitrogen and oxygen atoms in total. The van der Waals surface area contributed by atoms with Crippen LogP contribution < -0.4 is 10.2 Å². The Labute approximate surface area is 189 Å². The Morgan fingerprint density at radius 1 is 0.750 bits per heavy atom. The van der Waals surface area contributed by atoms with Crippen LogP contribution in [0.4, 0.5) is 11.4 Å². The van der Waals surface area contributed by atoms with Gasteiger partial charge in [0.05, 0.1) is 11.3 Å². The Kier molecular flexibility index (Phi) is 5.47. The van der Waals surface area contributed by atoms with E-state index in [2.05, 4.69) is 26.1 Å². The molecule has 32 heavy (non-hydrogen) atoms. The van der Waals surface area contributed by atoms with Crippen LogP contribution in [0.25, 0.3) is 5.57 Å². The van der Waals surface area contributed by atoms with Gasteiger partial charge in [-0.3, -0.25) is 9.59 Å². The zero-order chi connectivity index (χ0) is 23.0. The summed E-state index contributed by atoms with van der Waals surface area (Å²) < 4.78 is 0. The van der Waals surface area contributed by atoms with Crippen LogP contribution in [-0.4, -0.2) is 11.8 Å². The molecular formula is C28H28N2O2. The van der Waals surface area contributed by atoms with Crippen molar-refractivity contribution in [2.24, 2.45) is 0 Å². The Bertz CT molecular complexity index is 1210. The van der Waals surface area contributed by atoms with Crippen molar-refractivity contribution in [1.29, 1.82) is 0 Å². The molecule has 0 radical (unpaired) electrons. The van der Waals surface area contributed by atoms with E-state index in [1.54, 1.807) is 0 Å². The second-order valence-corrected chi connectivity index (χ2v) is 9.35. The van der Waals surface area contributed by atoms with Gasteiger partial charge in [-0.25, -0.2) is 4.90 Å². The van der Waals surface area contributed by atoms with Gasteiger partial charge >= 0.3 is 0 Å².